The molecular formula is C33H36N6O5. The van der Waals surface area contributed by atoms with Crippen molar-refractivity contribution in [2.45, 2.75) is 50.1 Å². The maximum absolute atomic E-state index is 14.6. The Balaban J connectivity index is 1.28. The first-order chi connectivity index (χ1) is 21.4. The van der Waals surface area contributed by atoms with Crippen molar-refractivity contribution in [3.63, 3.8) is 0 Å². The third-order valence-electron chi connectivity index (χ3n) is 9.49. The SMILES string of the molecule is C[C@@]12C=CCN(c3ccccc3)C(=O)[C@@H]1[C@H]1C(=O)N(CCCCCO)C3C(=O)N(Cn4nnc5ccccc54)CC=C[C@@]31O2. The van der Waals surface area contributed by atoms with E-state index in [0.29, 0.717) is 32.4 Å². The molecule has 2 saturated heterocycles. The van der Waals surface area contributed by atoms with E-state index in [0.717, 1.165) is 16.7 Å². The Bertz CT molecular complexity index is 1650. The van der Waals surface area contributed by atoms with Crippen LogP contribution in [-0.4, -0.2) is 91.1 Å². The second-order valence-electron chi connectivity index (χ2n) is 12.2. The van der Waals surface area contributed by atoms with Gasteiger partial charge in [0.2, 0.25) is 11.8 Å². The van der Waals surface area contributed by atoms with Crippen LogP contribution in [0.25, 0.3) is 11.0 Å². The summed E-state index contributed by atoms with van der Waals surface area (Å²) in [4.78, 5) is 48.6. The first-order valence-corrected chi connectivity index (χ1v) is 15.3. The Morgan fingerprint density at radius 2 is 1.66 bits per heavy atom. The van der Waals surface area contributed by atoms with Crippen LogP contribution in [0.2, 0.25) is 0 Å². The van der Waals surface area contributed by atoms with Gasteiger partial charge in [0.1, 0.15) is 23.8 Å². The van der Waals surface area contributed by atoms with Gasteiger partial charge in [-0.05, 0) is 50.5 Å². The molecule has 1 unspecified atom stereocenters. The summed E-state index contributed by atoms with van der Waals surface area (Å²) in [6, 6.07) is 16.0. The Morgan fingerprint density at radius 1 is 0.886 bits per heavy atom. The molecular weight excluding hydrogens is 560 g/mol. The number of ether oxygens (including phenoxy) is 1. The van der Waals surface area contributed by atoms with E-state index < -0.39 is 29.1 Å². The molecule has 1 N–H and O–H groups in total. The van der Waals surface area contributed by atoms with Crippen molar-refractivity contribution >= 4 is 34.4 Å². The Hall–Kier alpha value is -4.35. The molecule has 4 aliphatic heterocycles. The smallest absolute Gasteiger partial charge is 0.250 e. The molecule has 1 spiro atoms. The summed E-state index contributed by atoms with van der Waals surface area (Å²) >= 11 is 0. The zero-order valence-corrected chi connectivity index (χ0v) is 24.7. The van der Waals surface area contributed by atoms with E-state index in [2.05, 4.69) is 10.3 Å². The third kappa shape index (κ3) is 4.36. The molecule has 7 rings (SSSR count). The highest BCUT2D eigenvalue weighted by Gasteiger charge is 2.74. The number of fused-ring (bicyclic) bond motifs is 3. The molecule has 0 radical (unpaired) electrons. The Labute approximate surface area is 255 Å². The molecule has 3 aromatic rings. The van der Waals surface area contributed by atoms with E-state index in [9.17, 15) is 19.5 Å². The predicted molar refractivity (Wildman–Crippen MR) is 162 cm³/mol. The standard InChI is InChI=1S/C33H36N6O5/c1-32-16-10-20-37(23-12-4-2-5-13-23)29(41)26(32)27-30(42)38(19-8-3-9-21-40)28-31(43)36(18-11-17-33(27,28)44-32)22-39-25-15-7-6-14-24(25)34-35-39/h2,4-7,10-17,26-28,40H,3,8-9,18-22H2,1H3/t26-,27-,28?,32+,33-/m0/s1. The van der Waals surface area contributed by atoms with Gasteiger partial charge in [0, 0.05) is 31.9 Å². The van der Waals surface area contributed by atoms with Crippen molar-refractivity contribution in [3.8, 4) is 0 Å². The number of carbonyl (C=O) groups is 3. The van der Waals surface area contributed by atoms with Crippen molar-refractivity contribution in [3.05, 3.63) is 78.9 Å². The van der Waals surface area contributed by atoms with Gasteiger partial charge >= 0.3 is 0 Å². The highest BCUT2D eigenvalue weighted by atomic mass is 16.5. The van der Waals surface area contributed by atoms with E-state index in [1.54, 1.807) is 19.4 Å². The zero-order valence-electron chi connectivity index (χ0n) is 24.7. The van der Waals surface area contributed by atoms with Crippen LogP contribution in [0.1, 0.15) is 26.2 Å². The number of anilines is 1. The first kappa shape index (κ1) is 28.4. The number of hydrogen-bond acceptors (Lipinski definition) is 7. The average Bonchev–Trinajstić information content (AvgIpc) is 3.56. The van der Waals surface area contributed by atoms with Crippen LogP contribution in [0.5, 0.6) is 0 Å². The van der Waals surface area contributed by atoms with Crippen molar-refractivity contribution in [2.24, 2.45) is 11.8 Å². The van der Waals surface area contributed by atoms with E-state index >= 15 is 0 Å². The van der Waals surface area contributed by atoms with Crippen LogP contribution >= 0.6 is 0 Å². The van der Waals surface area contributed by atoms with E-state index in [-0.39, 0.29) is 37.5 Å². The molecule has 2 fully saturated rings. The predicted octanol–water partition coefficient (Wildman–Crippen LogP) is 2.52. The zero-order chi connectivity index (χ0) is 30.5. The van der Waals surface area contributed by atoms with Crippen molar-refractivity contribution in [1.82, 2.24) is 24.8 Å². The minimum Gasteiger partial charge on any atom is -0.396 e. The molecule has 3 amide bonds. The third-order valence-corrected chi connectivity index (χ3v) is 9.49. The number of amides is 3. The van der Waals surface area contributed by atoms with Gasteiger partial charge in [-0.25, -0.2) is 4.68 Å². The second kappa shape index (κ2) is 11.0. The van der Waals surface area contributed by atoms with E-state index in [1.165, 1.54) is 0 Å². The lowest BCUT2D eigenvalue weighted by Gasteiger charge is -2.37. The highest BCUT2D eigenvalue weighted by molar-refractivity contribution is 6.04. The molecule has 2 aromatic carbocycles. The lowest BCUT2D eigenvalue weighted by molar-refractivity contribution is -0.152. The topological polar surface area (TPSA) is 121 Å². The number of unbranched alkanes of at least 4 members (excludes halogenated alkanes) is 2. The van der Waals surface area contributed by atoms with Gasteiger partial charge in [-0.2, -0.15) is 0 Å². The monoisotopic (exact) mass is 596 g/mol. The number of para-hydroxylation sites is 2. The summed E-state index contributed by atoms with van der Waals surface area (Å²) in [5, 5.41) is 17.9. The number of likely N-dealkylation sites (tertiary alicyclic amines) is 1. The fraction of sp³-hybridized carbons (Fsp3) is 0.424. The maximum Gasteiger partial charge on any atom is 0.250 e. The maximum atomic E-state index is 14.6. The van der Waals surface area contributed by atoms with Crippen LogP contribution < -0.4 is 4.90 Å². The normalized spacial score (nSPS) is 29.6. The second-order valence-corrected chi connectivity index (χ2v) is 12.2. The van der Waals surface area contributed by atoms with E-state index in [4.69, 9.17) is 4.74 Å². The van der Waals surface area contributed by atoms with Gasteiger partial charge in [-0.3, -0.25) is 14.4 Å². The lowest BCUT2D eigenvalue weighted by atomic mass is 9.74. The number of aliphatic hydroxyl groups is 1. The quantitative estimate of drug-likeness (QED) is 0.313. The van der Waals surface area contributed by atoms with E-state index in [1.807, 2.05) is 85.8 Å². The molecule has 44 heavy (non-hydrogen) atoms. The molecule has 228 valence electrons. The molecule has 11 nitrogen and oxygen atoms in total. The minimum atomic E-state index is -1.33. The molecule has 5 heterocycles. The van der Waals surface area contributed by atoms with Gasteiger partial charge in [0.25, 0.3) is 5.91 Å². The number of benzene rings is 2. The number of aliphatic hydroxyl groups excluding tert-OH is 1. The van der Waals surface area contributed by atoms with Crippen LogP contribution in [-0.2, 0) is 25.8 Å². The van der Waals surface area contributed by atoms with Gasteiger partial charge in [-0.1, -0.05) is 59.8 Å². The molecule has 11 heteroatoms. The summed E-state index contributed by atoms with van der Waals surface area (Å²) in [5.74, 6) is -2.43. The fourth-order valence-corrected chi connectivity index (χ4v) is 7.53. The lowest BCUT2D eigenvalue weighted by Crippen LogP contribution is -2.56. The van der Waals surface area contributed by atoms with Crippen molar-refractivity contribution < 1.29 is 24.2 Å². The largest absolute Gasteiger partial charge is 0.396 e. The summed E-state index contributed by atoms with van der Waals surface area (Å²) in [6.07, 6.45) is 9.47. The molecule has 0 saturated carbocycles. The summed E-state index contributed by atoms with van der Waals surface area (Å²) in [6.45, 7) is 3.02. The number of rotatable bonds is 8. The molecule has 5 atom stereocenters. The van der Waals surface area contributed by atoms with Gasteiger partial charge < -0.3 is 24.5 Å². The number of aromatic nitrogens is 3. The van der Waals surface area contributed by atoms with Crippen LogP contribution in [0.3, 0.4) is 0 Å². The van der Waals surface area contributed by atoms with Crippen LogP contribution in [0.15, 0.2) is 78.9 Å². The Morgan fingerprint density at radius 3 is 2.48 bits per heavy atom. The Kier molecular flexibility index (Phi) is 7.09. The molecule has 0 bridgehead atoms. The highest BCUT2D eigenvalue weighted by Crippen LogP contribution is 2.57. The summed E-state index contributed by atoms with van der Waals surface area (Å²) < 4.78 is 8.61. The number of nitrogens with zero attached hydrogens (tertiary/aromatic N) is 6. The molecule has 4 aliphatic rings. The average molecular weight is 597 g/mol. The van der Waals surface area contributed by atoms with Crippen LogP contribution in [0.4, 0.5) is 5.69 Å². The molecule has 1 aromatic heterocycles. The number of carbonyl (C=O) groups excluding carboxylic acids is 3. The van der Waals surface area contributed by atoms with Crippen molar-refractivity contribution in [2.75, 3.05) is 31.1 Å². The minimum absolute atomic E-state index is 0.0605. The molecule has 0 aliphatic carbocycles. The fourth-order valence-electron chi connectivity index (χ4n) is 7.53. The van der Waals surface area contributed by atoms with Crippen molar-refractivity contribution in [1.29, 1.82) is 0 Å². The first-order valence-electron chi connectivity index (χ1n) is 15.3. The van der Waals surface area contributed by atoms with Gasteiger partial charge in [0.15, 0.2) is 0 Å². The number of hydrogen-bond donors (Lipinski definition) is 1. The summed E-state index contributed by atoms with van der Waals surface area (Å²) in [7, 11) is 0. The van der Waals surface area contributed by atoms with Gasteiger partial charge in [0.05, 0.1) is 23.0 Å². The van der Waals surface area contributed by atoms with Gasteiger partial charge in [-0.15, -0.1) is 5.10 Å². The summed E-state index contributed by atoms with van der Waals surface area (Å²) in [5.41, 5.74) is -0.154. The van der Waals surface area contributed by atoms with Crippen LogP contribution in [0, 0.1) is 11.8 Å².